The molecule has 2 rings (SSSR count). The van der Waals surface area contributed by atoms with Gasteiger partial charge in [0.2, 0.25) is 0 Å². The minimum Gasteiger partial charge on any atom is -0.361 e. The summed E-state index contributed by atoms with van der Waals surface area (Å²) >= 11 is 1.49. The Morgan fingerprint density at radius 1 is 1.75 bits per heavy atom. The van der Waals surface area contributed by atoms with Crippen LogP contribution in [0.1, 0.15) is 29.6 Å². The highest BCUT2D eigenvalue weighted by Crippen LogP contribution is 2.18. The molecule has 1 amide bonds. The molecule has 0 radical (unpaired) electrons. The third-order valence-corrected chi connectivity index (χ3v) is 3.16. The Morgan fingerprint density at radius 3 is 3.12 bits per heavy atom. The molecule has 1 atom stereocenters. The molecule has 0 bridgehead atoms. The molecule has 0 aromatic carbocycles. The summed E-state index contributed by atoms with van der Waals surface area (Å²) in [5, 5.41) is 11.1. The van der Waals surface area contributed by atoms with E-state index in [4.69, 9.17) is 4.52 Å². The van der Waals surface area contributed by atoms with Crippen LogP contribution in [0.15, 0.2) is 15.7 Å². The molecular weight excluding hydrogens is 228 g/mol. The second kappa shape index (κ2) is 4.56. The van der Waals surface area contributed by atoms with Crippen LogP contribution in [-0.4, -0.2) is 21.6 Å². The van der Waals surface area contributed by atoms with Crippen molar-refractivity contribution in [2.45, 2.75) is 25.6 Å². The number of rotatable bonds is 2. The molecule has 0 saturated carbocycles. The van der Waals surface area contributed by atoms with Crippen LogP contribution in [0, 0.1) is 6.92 Å². The van der Waals surface area contributed by atoms with Crippen molar-refractivity contribution >= 4 is 22.8 Å². The summed E-state index contributed by atoms with van der Waals surface area (Å²) in [4.78, 5) is 11.7. The molecule has 1 unspecified atom stereocenters. The molecule has 0 fully saturated rings. The number of hydrazone groups is 1. The fraction of sp³-hybridized carbons (Fsp3) is 0.444. The van der Waals surface area contributed by atoms with Gasteiger partial charge in [-0.15, -0.1) is 0 Å². The molecule has 7 heteroatoms. The average molecular weight is 240 g/mol. The Labute approximate surface area is 96.8 Å². The highest BCUT2D eigenvalue weighted by molar-refractivity contribution is 8.14. The van der Waals surface area contributed by atoms with E-state index in [9.17, 15) is 4.79 Å². The predicted molar refractivity (Wildman–Crippen MR) is 60.9 cm³/mol. The molecule has 1 aliphatic rings. The highest BCUT2D eigenvalue weighted by Gasteiger charge is 2.20. The zero-order valence-corrected chi connectivity index (χ0v) is 9.80. The van der Waals surface area contributed by atoms with Gasteiger partial charge in [-0.2, -0.15) is 5.10 Å². The second-order valence-corrected chi connectivity index (χ2v) is 4.53. The van der Waals surface area contributed by atoms with Gasteiger partial charge in [0, 0.05) is 6.07 Å². The summed E-state index contributed by atoms with van der Waals surface area (Å²) in [6.07, 6.45) is 0.941. The molecule has 6 nitrogen and oxygen atoms in total. The standard InChI is InChI=1S/C9H12N4O2S/c1-3-7-11-12-9(16-7)10-8(14)6-4-5(2)15-13-6/h4,7,11H,3H2,1-2H3,(H,10,12,14). The fourth-order valence-corrected chi connectivity index (χ4v) is 1.98. The second-order valence-electron chi connectivity index (χ2n) is 3.34. The summed E-state index contributed by atoms with van der Waals surface area (Å²) in [6.45, 7) is 3.78. The largest absolute Gasteiger partial charge is 0.361 e. The lowest BCUT2D eigenvalue weighted by Crippen LogP contribution is -2.27. The van der Waals surface area contributed by atoms with Crippen molar-refractivity contribution in [1.82, 2.24) is 15.9 Å². The molecule has 2 heterocycles. The van der Waals surface area contributed by atoms with Crippen molar-refractivity contribution < 1.29 is 9.32 Å². The number of carbonyl (C=O) groups excluding carboxylic acids is 1. The maximum Gasteiger partial charge on any atom is 0.279 e. The fourth-order valence-electron chi connectivity index (χ4n) is 1.18. The van der Waals surface area contributed by atoms with E-state index in [-0.39, 0.29) is 17.0 Å². The summed E-state index contributed by atoms with van der Waals surface area (Å²) < 4.78 is 4.82. The van der Waals surface area contributed by atoms with Crippen LogP contribution >= 0.6 is 11.8 Å². The predicted octanol–water partition coefficient (Wildman–Crippen LogP) is 1.06. The minimum atomic E-state index is -0.304. The van der Waals surface area contributed by atoms with Crippen LogP contribution in [0.4, 0.5) is 0 Å². The average Bonchev–Trinajstić information content (AvgIpc) is 2.87. The third kappa shape index (κ3) is 2.35. The van der Waals surface area contributed by atoms with Crippen LogP contribution in [0.25, 0.3) is 0 Å². The van der Waals surface area contributed by atoms with Crippen molar-refractivity contribution in [3.63, 3.8) is 0 Å². The van der Waals surface area contributed by atoms with Crippen LogP contribution < -0.4 is 10.7 Å². The third-order valence-electron chi connectivity index (χ3n) is 2.02. The van der Waals surface area contributed by atoms with Crippen molar-refractivity contribution in [3.8, 4) is 0 Å². The number of amidine groups is 1. The molecule has 2 N–H and O–H groups in total. The maximum absolute atomic E-state index is 11.7. The van der Waals surface area contributed by atoms with Gasteiger partial charge in [-0.3, -0.25) is 15.5 Å². The van der Waals surface area contributed by atoms with E-state index in [0.717, 1.165) is 6.42 Å². The van der Waals surface area contributed by atoms with Gasteiger partial charge in [-0.05, 0) is 13.3 Å². The number of hydrogen-bond donors (Lipinski definition) is 2. The molecular formula is C9H12N4O2S. The van der Waals surface area contributed by atoms with Gasteiger partial charge < -0.3 is 4.52 Å². The van der Waals surface area contributed by atoms with Crippen LogP contribution in [-0.2, 0) is 0 Å². The summed E-state index contributed by atoms with van der Waals surface area (Å²) in [6, 6.07) is 1.58. The van der Waals surface area contributed by atoms with E-state index < -0.39 is 0 Å². The van der Waals surface area contributed by atoms with E-state index in [1.807, 2.05) is 6.92 Å². The van der Waals surface area contributed by atoms with Crippen LogP contribution in [0.3, 0.4) is 0 Å². The number of nitrogens with zero attached hydrogens (tertiary/aromatic N) is 2. The van der Waals surface area contributed by atoms with E-state index >= 15 is 0 Å². The molecule has 0 spiro atoms. The smallest absolute Gasteiger partial charge is 0.279 e. The number of aryl methyl sites for hydroxylation is 1. The van der Waals surface area contributed by atoms with E-state index in [1.54, 1.807) is 13.0 Å². The first kappa shape index (κ1) is 11.0. The summed E-state index contributed by atoms with van der Waals surface area (Å²) in [5.41, 5.74) is 3.18. The molecule has 86 valence electrons. The van der Waals surface area contributed by atoms with Crippen molar-refractivity contribution in [2.24, 2.45) is 5.10 Å². The SMILES string of the molecule is CCC1NN=C(NC(=O)c2cc(C)on2)S1. The first-order valence-electron chi connectivity index (χ1n) is 4.93. The summed E-state index contributed by atoms with van der Waals surface area (Å²) in [7, 11) is 0. The monoisotopic (exact) mass is 240 g/mol. The highest BCUT2D eigenvalue weighted by atomic mass is 32.2. The number of aromatic nitrogens is 1. The number of nitrogens with one attached hydrogen (secondary N) is 2. The zero-order valence-electron chi connectivity index (χ0n) is 8.98. The summed E-state index contributed by atoms with van der Waals surface area (Å²) in [5.74, 6) is 0.303. The lowest BCUT2D eigenvalue weighted by atomic mass is 10.4. The zero-order chi connectivity index (χ0) is 11.5. The minimum absolute atomic E-state index is 0.231. The topological polar surface area (TPSA) is 79.5 Å². The Kier molecular flexibility index (Phi) is 3.14. The van der Waals surface area contributed by atoms with Crippen LogP contribution in [0.5, 0.6) is 0 Å². The van der Waals surface area contributed by atoms with E-state index in [2.05, 4.69) is 21.0 Å². The molecule has 1 aliphatic heterocycles. The Hall–Kier alpha value is -1.50. The number of amides is 1. The number of thioether (sulfide) groups is 1. The first-order chi connectivity index (χ1) is 7.69. The van der Waals surface area contributed by atoms with Gasteiger partial charge in [-0.1, -0.05) is 23.8 Å². The number of hydrogen-bond acceptors (Lipinski definition) is 6. The van der Waals surface area contributed by atoms with Crippen molar-refractivity contribution in [3.05, 3.63) is 17.5 Å². The van der Waals surface area contributed by atoms with Crippen molar-refractivity contribution in [1.29, 1.82) is 0 Å². The first-order valence-corrected chi connectivity index (χ1v) is 5.81. The Balaban J connectivity index is 1.94. The van der Waals surface area contributed by atoms with Gasteiger partial charge in [0.15, 0.2) is 10.9 Å². The molecule has 16 heavy (non-hydrogen) atoms. The molecule has 0 saturated heterocycles. The van der Waals surface area contributed by atoms with Crippen molar-refractivity contribution in [2.75, 3.05) is 0 Å². The Bertz CT molecular complexity index is 429. The maximum atomic E-state index is 11.7. The van der Waals surface area contributed by atoms with Gasteiger partial charge in [0.05, 0.1) is 5.37 Å². The van der Waals surface area contributed by atoms with Gasteiger partial charge in [-0.25, -0.2) is 0 Å². The number of carbonyl (C=O) groups is 1. The van der Waals surface area contributed by atoms with Gasteiger partial charge in [0.1, 0.15) is 5.76 Å². The van der Waals surface area contributed by atoms with E-state index in [0.29, 0.717) is 10.9 Å². The van der Waals surface area contributed by atoms with Gasteiger partial charge in [0.25, 0.3) is 5.91 Å². The normalized spacial score (nSPS) is 19.1. The molecule has 1 aromatic heterocycles. The van der Waals surface area contributed by atoms with E-state index in [1.165, 1.54) is 11.8 Å². The van der Waals surface area contributed by atoms with Gasteiger partial charge >= 0.3 is 0 Å². The lowest BCUT2D eigenvalue weighted by molar-refractivity contribution is 0.0969. The van der Waals surface area contributed by atoms with Crippen LogP contribution in [0.2, 0.25) is 0 Å². The Morgan fingerprint density at radius 2 is 2.56 bits per heavy atom. The molecule has 1 aromatic rings. The molecule has 0 aliphatic carbocycles. The lowest BCUT2D eigenvalue weighted by Gasteiger charge is -2.03. The quantitative estimate of drug-likeness (QED) is 0.808.